The third-order valence-electron chi connectivity index (χ3n) is 5.89. The number of hydrazone groups is 2. The van der Waals surface area contributed by atoms with Crippen LogP contribution in [0.25, 0.3) is 0 Å². The highest BCUT2D eigenvalue weighted by Crippen LogP contribution is 2.48. The lowest BCUT2D eigenvalue weighted by atomic mass is 10.0. The minimum Gasteiger partial charge on any atom is -0.461 e. The summed E-state index contributed by atoms with van der Waals surface area (Å²) in [7, 11) is 0. The number of halogens is 1. The third kappa shape index (κ3) is 4.58. The van der Waals surface area contributed by atoms with Gasteiger partial charge in [0.1, 0.15) is 0 Å². The molecule has 0 bridgehead atoms. The van der Waals surface area contributed by atoms with Crippen molar-refractivity contribution in [2.75, 3.05) is 16.6 Å². The molecule has 0 fully saturated rings. The van der Waals surface area contributed by atoms with Crippen LogP contribution in [0.2, 0.25) is 0 Å². The van der Waals surface area contributed by atoms with E-state index in [1.54, 1.807) is 6.92 Å². The SMILES string of the molecule is CCOC(=O)C1=NN(c2ccc(Br)cc2)[C@@]2(C=CC(c3ccc(CC)cc3)=NN2c2ccccc2)S1. The number of aryl methyl sites for hydroxylation is 1. The lowest BCUT2D eigenvalue weighted by molar-refractivity contribution is -0.134. The van der Waals surface area contributed by atoms with E-state index in [9.17, 15) is 4.79 Å². The first-order valence-corrected chi connectivity index (χ1v) is 13.4. The van der Waals surface area contributed by atoms with Gasteiger partial charge in [-0.1, -0.05) is 65.3 Å². The number of benzene rings is 3. The summed E-state index contributed by atoms with van der Waals surface area (Å²) in [6.45, 7) is 4.21. The van der Waals surface area contributed by atoms with Gasteiger partial charge in [0.05, 0.1) is 23.7 Å². The molecule has 3 aromatic rings. The average Bonchev–Trinajstić information content (AvgIpc) is 3.30. The molecule has 0 N–H and O–H groups in total. The number of carbonyl (C=O) groups is 1. The predicted octanol–water partition coefficient (Wildman–Crippen LogP) is 6.58. The summed E-state index contributed by atoms with van der Waals surface area (Å²) in [6, 6.07) is 26.2. The second kappa shape index (κ2) is 10.3. The number of hydrogen-bond acceptors (Lipinski definition) is 7. The van der Waals surface area contributed by atoms with Crippen LogP contribution in [0.5, 0.6) is 0 Å². The average molecular weight is 562 g/mol. The molecule has 1 atom stereocenters. The summed E-state index contributed by atoms with van der Waals surface area (Å²) in [5.74, 6) is -0.451. The summed E-state index contributed by atoms with van der Waals surface area (Å²) in [6.07, 6.45) is 5.04. The van der Waals surface area contributed by atoms with Crippen LogP contribution >= 0.6 is 27.7 Å². The number of hydrogen-bond donors (Lipinski definition) is 0. The van der Waals surface area contributed by atoms with Gasteiger partial charge in [0.25, 0.3) is 0 Å². The van der Waals surface area contributed by atoms with Crippen LogP contribution in [0.15, 0.2) is 106 Å². The van der Waals surface area contributed by atoms with Crippen LogP contribution in [0.3, 0.4) is 0 Å². The predicted molar refractivity (Wildman–Crippen MR) is 151 cm³/mol. The second-order valence-electron chi connectivity index (χ2n) is 8.19. The van der Waals surface area contributed by atoms with Crippen molar-refractivity contribution in [3.63, 3.8) is 0 Å². The number of nitrogens with zero attached hydrogens (tertiary/aromatic N) is 4. The van der Waals surface area contributed by atoms with Crippen LogP contribution in [0, 0.1) is 0 Å². The molecule has 0 saturated heterocycles. The Labute approximate surface area is 223 Å². The smallest absolute Gasteiger partial charge is 0.365 e. The van der Waals surface area contributed by atoms with Gasteiger partial charge in [0.2, 0.25) is 10.0 Å². The Morgan fingerprint density at radius 3 is 2.25 bits per heavy atom. The fourth-order valence-corrected chi connectivity index (χ4v) is 5.47. The van der Waals surface area contributed by atoms with Crippen molar-refractivity contribution in [3.8, 4) is 0 Å². The first-order valence-electron chi connectivity index (χ1n) is 11.8. The molecule has 36 heavy (non-hydrogen) atoms. The summed E-state index contributed by atoms with van der Waals surface area (Å²) in [4.78, 5) is 11.9. The van der Waals surface area contributed by atoms with Gasteiger partial charge in [-0.15, -0.1) is 0 Å². The van der Waals surface area contributed by atoms with Gasteiger partial charge in [0.15, 0.2) is 0 Å². The van der Waals surface area contributed by atoms with Crippen molar-refractivity contribution in [2.45, 2.75) is 25.3 Å². The van der Waals surface area contributed by atoms with E-state index in [4.69, 9.17) is 14.9 Å². The highest BCUT2D eigenvalue weighted by Gasteiger charge is 2.51. The Morgan fingerprint density at radius 2 is 1.58 bits per heavy atom. The highest BCUT2D eigenvalue weighted by atomic mass is 79.9. The van der Waals surface area contributed by atoms with E-state index in [1.807, 2.05) is 70.7 Å². The van der Waals surface area contributed by atoms with E-state index >= 15 is 0 Å². The zero-order chi connectivity index (χ0) is 25.1. The zero-order valence-corrected chi connectivity index (χ0v) is 22.4. The Bertz CT molecular complexity index is 1340. The molecule has 182 valence electrons. The lowest BCUT2D eigenvalue weighted by Crippen LogP contribution is -2.53. The maximum atomic E-state index is 12.8. The van der Waals surface area contributed by atoms with E-state index in [0.717, 1.165) is 33.5 Å². The first kappa shape index (κ1) is 24.3. The maximum absolute atomic E-state index is 12.8. The largest absolute Gasteiger partial charge is 0.461 e. The highest BCUT2D eigenvalue weighted by molar-refractivity contribution is 9.10. The standard InChI is InChI=1S/C28H25BrN4O2S/c1-3-20-10-12-21(13-11-20)25-18-19-28(32(30-25)23-8-6-5-7-9-23)33(24-16-14-22(29)15-17-24)31-26(36-28)27(34)35-4-2/h5-19H,3-4H2,1-2H3/t28-/m0/s1. The molecule has 6 nitrogen and oxygen atoms in total. The van der Waals surface area contributed by atoms with E-state index in [2.05, 4.69) is 53.2 Å². The first-order chi connectivity index (χ1) is 17.5. The Kier molecular flexibility index (Phi) is 6.98. The van der Waals surface area contributed by atoms with Crippen LogP contribution in [0.4, 0.5) is 11.4 Å². The molecule has 1 spiro atoms. The van der Waals surface area contributed by atoms with Gasteiger partial charge in [-0.05, 0) is 79.2 Å². The molecule has 2 aliphatic rings. The van der Waals surface area contributed by atoms with Gasteiger partial charge >= 0.3 is 5.97 Å². The second-order valence-corrected chi connectivity index (χ2v) is 10.3. The number of ether oxygens (including phenoxy) is 1. The van der Waals surface area contributed by atoms with Gasteiger partial charge in [-0.25, -0.2) is 14.8 Å². The molecular formula is C28H25BrN4O2S. The number of carbonyl (C=O) groups excluding carboxylic acids is 1. The molecule has 0 aromatic heterocycles. The van der Waals surface area contributed by atoms with Crippen molar-refractivity contribution >= 4 is 55.8 Å². The molecule has 0 amide bonds. The molecule has 2 aliphatic heterocycles. The van der Waals surface area contributed by atoms with Crippen LogP contribution < -0.4 is 10.0 Å². The third-order valence-corrected chi connectivity index (χ3v) is 7.64. The van der Waals surface area contributed by atoms with E-state index in [0.29, 0.717) is 0 Å². The Morgan fingerprint density at radius 1 is 0.917 bits per heavy atom. The van der Waals surface area contributed by atoms with Crippen molar-refractivity contribution in [1.82, 2.24) is 0 Å². The van der Waals surface area contributed by atoms with Gasteiger partial charge in [-0.2, -0.15) is 10.2 Å². The van der Waals surface area contributed by atoms with Crippen molar-refractivity contribution < 1.29 is 9.53 Å². The number of para-hydroxylation sites is 1. The van der Waals surface area contributed by atoms with Crippen LogP contribution in [0.1, 0.15) is 25.0 Å². The fraction of sp³-hybridized carbons (Fsp3) is 0.179. The molecule has 0 unspecified atom stereocenters. The Hall–Kier alpha value is -3.36. The molecule has 5 rings (SSSR count). The number of esters is 1. The molecular weight excluding hydrogens is 536 g/mol. The molecule has 2 heterocycles. The van der Waals surface area contributed by atoms with Crippen LogP contribution in [-0.2, 0) is 16.0 Å². The van der Waals surface area contributed by atoms with Gasteiger partial charge in [-0.3, -0.25) is 0 Å². The monoisotopic (exact) mass is 560 g/mol. The van der Waals surface area contributed by atoms with Gasteiger partial charge in [0, 0.05) is 10.0 Å². The molecule has 8 heteroatoms. The molecule has 3 aromatic carbocycles. The number of rotatable bonds is 6. The van der Waals surface area contributed by atoms with E-state index < -0.39 is 11.0 Å². The molecule has 0 saturated carbocycles. The minimum absolute atomic E-state index is 0.274. The zero-order valence-electron chi connectivity index (χ0n) is 20.0. The minimum atomic E-state index is -0.940. The quantitative estimate of drug-likeness (QED) is 0.319. The summed E-state index contributed by atoms with van der Waals surface area (Å²) < 4.78 is 6.27. The Balaban J connectivity index is 1.64. The number of anilines is 2. The summed E-state index contributed by atoms with van der Waals surface area (Å²) >= 11 is 4.83. The lowest BCUT2D eigenvalue weighted by Gasteiger charge is -2.43. The topological polar surface area (TPSA) is 57.5 Å². The van der Waals surface area contributed by atoms with Crippen molar-refractivity contribution in [3.05, 3.63) is 107 Å². The number of allylic oxidation sites excluding steroid dienone is 1. The maximum Gasteiger partial charge on any atom is 0.365 e. The van der Waals surface area contributed by atoms with E-state index in [-0.39, 0.29) is 11.7 Å². The summed E-state index contributed by atoms with van der Waals surface area (Å²) in [5.41, 5.74) is 4.81. The van der Waals surface area contributed by atoms with Crippen LogP contribution in [-0.4, -0.2) is 28.3 Å². The molecule has 0 radical (unpaired) electrons. The normalized spacial score (nSPS) is 18.9. The summed E-state index contributed by atoms with van der Waals surface area (Å²) in [5, 5.41) is 13.9. The fourth-order valence-electron chi connectivity index (χ4n) is 4.05. The van der Waals surface area contributed by atoms with Crippen molar-refractivity contribution in [2.24, 2.45) is 10.2 Å². The molecule has 0 aliphatic carbocycles. The number of thioether (sulfide) groups is 1. The van der Waals surface area contributed by atoms with E-state index in [1.165, 1.54) is 17.3 Å². The van der Waals surface area contributed by atoms with Gasteiger partial charge < -0.3 is 4.74 Å². The van der Waals surface area contributed by atoms with Crippen molar-refractivity contribution in [1.29, 1.82) is 0 Å².